The summed E-state index contributed by atoms with van der Waals surface area (Å²) in [7, 11) is 0. The molecular weight excluding hydrogens is 396 g/mol. The molecule has 2 aliphatic carbocycles. The number of benzene rings is 1. The number of nitrogens with zero attached hydrogens (tertiary/aromatic N) is 1. The van der Waals surface area contributed by atoms with Crippen LogP contribution in [0.15, 0.2) is 17.1 Å². The Morgan fingerprint density at radius 1 is 1.00 bits per heavy atom. The minimum Gasteiger partial charge on any atom is -0.204 e. The number of hydrogen-bond donors (Lipinski definition) is 0. The zero-order valence-corrected chi connectivity index (χ0v) is 19.0. The molecule has 3 rings (SSSR count). The molecule has 0 heterocycles. The van der Waals surface area contributed by atoms with E-state index in [9.17, 15) is 8.78 Å². The van der Waals surface area contributed by atoms with E-state index in [0.717, 1.165) is 36.5 Å². The van der Waals surface area contributed by atoms with Gasteiger partial charge >= 0.3 is 0 Å². The molecule has 2 aliphatic rings. The van der Waals surface area contributed by atoms with Crippen LogP contribution in [0.1, 0.15) is 83.6 Å². The van der Waals surface area contributed by atoms with Crippen LogP contribution in [0.3, 0.4) is 0 Å². The van der Waals surface area contributed by atoms with Crippen molar-refractivity contribution >= 4 is 23.1 Å². The van der Waals surface area contributed by atoms with Gasteiger partial charge in [0.25, 0.3) is 0 Å². The summed E-state index contributed by atoms with van der Waals surface area (Å²) < 4.78 is 27.9. The van der Waals surface area contributed by atoms with Crippen molar-refractivity contribution in [2.45, 2.75) is 78.1 Å². The first kappa shape index (κ1) is 23.1. The van der Waals surface area contributed by atoms with Gasteiger partial charge in [0.2, 0.25) is 0 Å². The molecule has 2 saturated carbocycles. The Hall–Kier alpha value is -1.56. The predicted octanol–water partition coefficient (Wildman–Crippen LogP) is 8.10. The molecule has 30 heavy (non-hydrogen) atoms. The van der Waals surface area contributed by atoms with Crippen molar-refractivity contribution in [2.24, 2.45) is 34.6 Å². The van der Waals surface area contributed by atoms with E-state index in [4.69, 9.17) is 0 Å². The van der Waals surface area contributed by atoms with Gasteiger partial charge in [-0.2, -0.15) is 4.99 Å². The zero-order valence-electron chi connectivity index (χ0n) is 18.2. The lowest BCUT2D eigenvalue weighted by Crippen LogP contribution is -2.26. The molecule has 1 aromatic rings. The largest absolute Gasteiger partial charge is 0.204 e. The van der Waals surface area contributed by atoms with Gasteiger partial charge in [0, 0.05) is 11.5 Å². The van der Waals surface area contributed by atoms with Crippen LogP contribution >= 0.6 is 12.2 Å². The van der Waals surface area contributed by atoms with E-state index in [-0.39, 0.29) is 0 Å². The third-order valence-corrected chi connectivity index (χ3v) is 7.45. The van der Waals surface area contributed by atoms with Crippen LogP contribution in [0.4, 0.5) is 14.5 Å². The number of rotatable bonds is 5. The zero-order chi connectivity index (χ0) is 21.5. The molecule has 0 radical (unpaired) electrons. The van der Waals surface area contributed by atoms with Crippen LogP contribution in [-0.2, 0) is 0 Å². The van der Waals surface area contributed by atoms with Crippen LogP contribution in [0.25, 0.3) is 0 Å². The van der Waals surface area contributed by atoms with Crippen molar-refractivity contribution in [1.82, 2.24) is 0 Å². The van der Waals surface area contributed by atoms with E-state index in [2.05, 4.69) is 42.9 Å². The summed E-state index contributed by atoms with van der Waals surface area (Å²) in [6.07, 6.45) is 13.0. The Morgan fingerprint density at radius 2 is 1.57 bits per heavy atom. The monoisotopic (exact) mass is 429 g/mol. The summed E-state index contributed by atoms with van der Waals surface area (Å²) in [5.41, 5.74) is -0.0370. The molecule has 1 aromatic carbocycles. The van der Waals surface area contributed by atoms with Gasteiger partial charge in [0.05, 0.1) is 5.16 Å². The van der Waals surface area contributed by atoms with Crippen molar-refractivity contribution in [3.8, 4) is 11.8 Å². The van der Waals surface area contributed by atoms with E-state index in [1.807, 2.05) is 5.16 Å². The molecule has 4 heteroatoms. The Bertz CT molecular complexity index is 794. The van der Waals surface area contributed by atoms with E-state index in [0.29, 0.717) is 11.5 Å². The third kappa shape index (κ3) is 6.22. The summed E-state index contributed by atoms with van der Waals surface area (Å²) in [6, 6.07) is 2.45. The molecule has 0 N–H and O–H groups in total. The molecular formula is C26H33F2NS. The van der Waals surface area contributed by atoms with Gasteiger partial charge in [-0.1, -0.05) is 45.0 Å². The van der Waals surface area contributed by atoms with Crippen LogP contribution in [-0.4, -0.2) is 5.16 Å². The maximum atomic E-state index is 14.0. The number of thiocarbonyl (C=S) groups is 1. The fraction of sp³-hybridized carbons (Fsp3) is 0.654. The minimum absolute atomic E-state index is 0.327. The molecule has 1 atom stereocenters. The molecule has 0 aromatic heterocycles. The normalized spacial score (nSPS) is 27.5. The minimum atomic E-state index is -0.746. The highest BCUT2D eigenvalue weighted by Gasteiger charge is 2.30. The second kappa shape index (κ2) is 11.2. The fourth-order valence-electron chi connectivity index (χ4n) is 5.34. The lowest BCUT2D eigenvalue weighted by molar-refractivity contribution is 0.147. The quantitative estimate of drug-likeness (QED) is 0.262. The van der Waals surface area contributed by atoms with Gasteiger partial charge < -0.3 is 0 Å². The molecule has 1 nitrogen and oxygen atoms in total. The SMILES string of the molecule is CCC(C)CC1CCC(C2CCC(C#Cc3cc(F)c(N=C=S)c(F)c3)CC2)CC1. The number of hydrogen-bond acceptors (Lipinski definition) is 2. The predicted molar refractivity (Wildman–Crippen MR) is 123 cm³/mol. The number of aliphatic imine (C=N–C) groups is 1. The fourth-order valence-corrected chi connectivity index (χ4v) is 5.43. The lowest BCUT2D eigenvalue weighted by Gasteiger charge is -2.37. The lowest BCUT2D eigenvalue weighted by atomic mass is 9.68. The number of halogens is 2. The van der Waals surface area contributed by atoms with E-state index >= 15 is 0 Å². The average molecular weight is 430 g/mol. The van der Waals surface area contributed by atoms with Crippen molar-refractivity contribution < 1.29 is 8.78 Å². The Balaban J connectivity index is 1.49. The van der Waals surface area contributed by atoms with Crippen molar-refractivity contribution in [1.29, 1.82) is 0 Å². The van der Waals surface area contributed by atoms with Crippen LogP contribution < -0.4 is 0 Å². The van der Waals surface area contributed by atoms with Crippen molar-refractivity contribution in [3.05, 3.63) is 29.3 Å². The Kier molecular flexibility index (Phi) is 8.61. The average Bonchev–Trinajstić information content (AvgIpc) is 2.75. The third-order valence-electron chi connectivity index (χ3n) is 7.36. The summed E-state index contributed by atoms with van der Waals surface area (Å²) >= 11 is 4.43. The van der Waals surface area contributed by atoms with Gasteiger partial charge in [-0.15, -0.1) is 0 Å². The molecule has 1 unspecified atom stereocenters. The highest BCUT2D eigenvalue weighted by molar-refractivity contribution is 7.78. The van der Waals surface area contributed by atoms with Crippen LogP contribution in [0.2, 0.25) is 0 Å². The highest BCUT2D eigenvalue weighted by Crippen LogP contribution is 2.42. The van der Waals surface area contributed by atoms with Crippen molar-refractivity contribution in [2.75, 3.05) is 0 Å². The van der Waals surface area contributed by atoms with E-state index in [1.165, 1.54) is 63.5 Å². The molecule has 0 amide bonds. The standard InChI is InChI=1S/C26H33F2NS/c1-3-18(2)14-20-8-12-23(13-9-20)22-10-6-19(7-11-22)4-5-21-15-24(27)26(29-17-30)25(28)16-21/h15-16,18-20,22-23H,3,6-14H2,1-2H3. The smallest absolute Gasteiger partial charge is 0.153 e. The number of isothiocyanates is 1. The molecule has 0 aliphatic heterocycles. The summed E-state index contributed by atoms with van der Waals surface area (Å²) in [4.78, 5) is 3.44. The van der Waals surface area contributed by atoms with Gasteiger partial charge in [0.1, 0.15) is 5.69 Å². The maximum Gasteiger partial charge on any atom is 0.153 e. The first-order chi connectivity index (χ1) is 14.5. The van der Waals surface area contributed by atoms with Gasteiger partial charge in [0.15, 0.2) is 11.6 Å². The van der Waals surface area contributed by atoms with Crippen LogP contribution in [0, 0.1) is 53.1 Å². The van der Waals surface area contributed by atoms with Gasteiger partial charge in [-0.3, -0.25) is 0 Å². The Morgan fingerprint density at radius 3 is 2.10 bits per heavy atom. The summed E-state index contributed by atoms with van der Waals surface area (Å²) in [5.74, 6) is 8.60. The molecule has 0 spiro atoms. The Labute approximate surface area is 185 Å². The summed E-state index contributed by atoms with van der Waals surface area (Å²) in [6.45, 7) is 4.69. The molecule has 0 saturated heterocycles. The first-order valence-electron chi connectivity index (χ1n) is 11.6. The second-order valence-electron chi connectivity index (χ2n) is 9.40. The van der Waals surface area contributed by atoms with Crippen LogP contribution in [0.5, 0.6) is 0 Å². The maximum absolute atomic E-state index is 14.0. The summed E-state index contributed by atoms with van der Waals surface area (Å²) in [5, 5.41) is 2.01. The van der Waals surface area contributed by atoms with Crippen molar-refractivity contribution in [3.63, 3.8) is 0 Å². The second-order valence-corrected chi connectivity index (χ2v) is 9.59. The van der Waals surface area contributed by atoms with Gasteiger partial charge in [-0.25, -0.2) is 8.78 Å². The molecule has 0 bridgehead atoms. The topological polar surface area (TPSA) is 12.4 Å². The van der Waals surface area contributed by atoms with Gasteiger partial charge in [-0.05, 0) is 93.0 Å². The van der Waals surface area contributed by atoms with E-state index in [1.54, 1.807) is 0 Å². The molecule has 2 fully saturated rings. The highest BCUT2D eigenvalue weighted by atomic mass is 32.1. The molecule has 162 valence electrons. The van der Waals surface area contributed by atoms with E-state index < -0.39 is 17.3 Å². The first-order valence-corrected chi connectivity index (χ1v) is 12.0.